The van der Waals surface area contributed by atoms with Crippen LogP contribution in [0.5, 0.6) is 0 Å². The molecule has 0 aliphatic rings. The summed E-state index contributed by atoms with van der Waals surface area (Å²) in [6.45, 7) is 0.954. The zero-order valence-electron chi connectivity index (χ0n) is 7.11. The molecule has 0 aliphatic carbocycles. The molecule has 0 heterocycles. The number of nitrogens with zero attached hydrogens (tertiary/aromatic N) is 2. The predicted molar refractivity (Wildman–Crippen MR) is 44.3 cm³/mol. The summed E-state index contributed by atoms with van der Waals surface area (Å²) in [7, 11) is 0.500. The van der Waals surface area contributed by atoms with Gasteiger partial charge in [0.1, 0.15) is 0 Å². The van der Waals surface area contributed by atoms with E-state index in [2.05, 4.69) is 0 Å². The third-order valence-corrected chi connectivity index (χ3v) is 2.23. The van der Waals surface area contributed by atoms with Crippen LogP contribution in [0.3, 0.4) is 0 Å². The molecule has 0 radical (unpaired) electrons. The van der Waals surface area contributed by atoms with E-state index in [4.69, 9.17) is 5.84 Å². The quantitative estimate of drug-likeness (QED) is 0.431. The Balaban J connectivity index is 3.81. The SMILES string of the molecule is CN(C)CCN(N)S(C)(=O)=O. The Bertz CT molecular complexity index is 200. The van der Waals surface area contributed by atoms with E-state index in [-0.39, 0.29) is 0 Å². The van der Waals surface area contributed by atoms with Crippen molar-refractivity contribution in [2.24, 2.45) is 5.84 Å². The molecule has 0 unspecified atom stereocenters. The second-order valence-electron chi connectivity index (χ2n) is 2.68. The highest BCUT2D eigenvalue weighted by atomic mass is 32.2. The zero-order valence-corrected chi connectivity index (χ0v) is 7.93. The van der Waals surface area contributed by atoms with Gasteiger partial charge in [-0.3, -0.25) is 5.84 Å². The molecule has 0 aliphatic heterocycles. The number of sulfonamides is 1. The van der Waals surface area contributed by atoms with Crippen molar-refractivity contribution in [1.29, 1.82) is 0 Å². The van der Waals surface area contributed by atoms with Gasteiger partial charge in [0.25, 0.3) is 0 Å². The lowest BCUT2D eigenvalue weighted by molar-refractivity contribution is 0.340. The highest BCUT2D eigenvalue weighted by Gasteiger charge is 2.10. The van der Waals surface area contributed by atoms with Gasteiger partial charge >= 0.3 is 0 Å². The summed E-state index contributed by atoms with van der Waals surface area (Å²) in [4.78, 5) is 1.87. The zero-order chi connectivity index (χ0) is 9.07. The Morgan fingerprint density at radius 3 is 2.00 bits per heavy atom. The van der Waals surface area contributed by atoms with Crippen LogP contribution in [0.25, 0.3) is 0 Å². The van der Waals surface area contributed by atoms with Crippen molar-refractivity contribution in [2.45, 2.75) is 0 Å². The standard InChI is InChI=1S/C5H15N3O2S/c1-7(2)4-5-8(6)11(3,9)10/h4-6H2,1-3H3. The van der Waals surface area contributed by atoms with E-state index in [1.54, 1.807) is 0 Å². The maximum atomic E-state index is 10.7. The van der Waals surface area contributed by atoms with Crippen LogP contribution in [-0.2, 0) is 10.0 Å². The van der Waals surface area contributed by atoms with Gasteiger partial charge in [-0.25, -0.2) is 8.42 Å². The molecule has 0 spiro atoms. The molecule has 2 N–H and O–H groups in total. The predicted octanol–water partition coefficient (Wildman–Crippen LogP) is -1.32. The van der Waals surface area contributed by atoms with Crippen LogP contribution < -0.4 is 5.84 Å². The first-order valence-electron chi connectivity index (χ1n) is 3.21. The van der Waals surface area contributed by atoms with Crippen molar-refractivity contribution >= 4 is 10.0 Å². The van der Waals surface area contributed by atoms with Crippen LogP contribution in [0.2, 0.25) is 0 Å². The summed E-state index contributed by atoms with van der Waals surface area (Å²) in [5.41, 5.74) is 0. The lowest BCUT2D eigenvalue weighted by Crippen LogP contribution is -2.40. The normalized spacial score (nSPS) is 12.9. The van der Waals surface area contributed by atoms with Crippen molar-refractivity contribution in [3.05, 3.63) is 0 Å². The van der Waals surface area contributed by atoms with Crippen molar-refractivity contribution in [1.82, 2.24) is 9.31 Å². The van der Waals surface area contributed by atoms with Crippen molar-refractivity contribution < 1.29 is 8.42 Å². The first-order chi connectivity index (χ1) is 4.84. The van der Waals surface area contributed by atoms with Gasteiger partial charge in [0.15, 0.2) is 0 Å². The molecule has 0 saturated heterocycles. The third-order valence-electron chi connectivity index (χ3n) is 1.19. The molecule has 0 aromatic carbocycles. The molecule has 0 aromatic rings. The minimum Gasteiger partial charge on any atom is -0.308 e. The summed E-state index contributed by atoms with van der Waals surface area (Å²) >= 11 is 0. The van der Waals surface area contributed by atoms with Crippen molar-refractivity contribution in [2.75, 3.05) is 33.4 Å². The Labute approximate surface area is 67.8 Å². The minimum absolute atomic E-state index is 0.325. The van der Waals surface area contributed by atoms with E-state index in [9.17, 15) is 8.42 Å². The minimum atomic E-state index is -3.21. The molecule has 0 bridgehead atoms. The molecular formula is C5H15N3O2S. The molecule has 0 fully saturated rings. The first kappa shape index (κ1) is 10.8. The van der Waals surface area contributed by atoms with Crippen LogP contribution in [-0.4, -0.2) is 51.2 Å². The molecule has 0 rings (SSSR count). The molecule has 0 amide bonds. The first-order valence-corrected chi connectivity index (χ1v) is 5.06. The topological polar surface area (TPSA) is 66.6 Å². The van der Waals surface area contributed by atoms with E-state index in [1.807, 2.05) is 19.0 Å². The largest absolute Gasteiger partial charge is 0.308 e. The fourth-order valence-corrected chi connectivity index (χ4v) is 0.878. The average Bonchev–Trinajstić information content (AvgIpc) is 1.80. The van der Waals surface area contributed by atoms with E-state index in [0.29, 0.717) is 13.1 Å². The van der Waals surface area contributed by atoms with Crippen molar-refractivity contribution in [3.63, 3.8) is 0 Å². The molecule has 0 aromatic heterocycles. The fraction of sp³-hybridized carbons (Fsp3) is 1.00. The van der Waals surface area contributed by atoms with E-state index in [0.717, 1.165) is 10.7 Å². The van der Waals surface area contributed by atoms with Crippen molar-refractivity contribution in [3.8, 4) is 0 Å². The Hall–Kier alpha value is -0.170. The molecule has 5 nitrogen and oxygen atoms in total. The Morgan fingerprint density at radius 1 is 1.27 bits per heavy atom. The van der Waals surface area contributed by atoms with Crippen LogP contribution in [0.15, 0.2) is 0 Å². The highest BCUT2D eigenvalue weighted by Crippen LogP contribution is 1.88. The number of hydrogen-bond donors (Lipinski definition) is 1. The third kappa shape index (κ3) is 5.14. The second kappa shape index (κ2) is 4.01. The van der Waals surface area contributed by atoms with Gasteiger partial charge in [-0.1, -0.05) is 0 Å². The summed E-state index contributed by atoms with van der Waals surface area (Å²) in [5.74, 6) is 5.22. The highest BCUT2D eigenvalue weighted by molar-refractivity contribution is 7.88. The lowest BCUT2D eigenvalue weighted by atomic mass is 10.6. The average molecular weight is 181 g/mol. The molecule has 0 atom stereocenters. The number of hydrogen-bond acceptors (Lipinski definition) is 4. The fourth-order valence-electron chi connectivity index (χ4n) is 0.464. The molecule has 11 heavy (non-hydrogen) atoms. The van der Waals surface area contributed by atoms with E-state index in [1.165, 1.54) is 0 Å². The van der Waals surface area contributed by atoms with Gasteiger partial charge in [0.2, 0.25) is 10.0 Å². The van der Waals surface area contributed by atoms with Gasteiger partial charge in [-0.15, -0.1) is 4.41 Å². The molecule has 6 heteroatoms. The monoisotopic (exact) mass is 181 g/mol. The van der Waals surface area contributed by atoms with Crippen LogP contribution in [0.4, 0.5) is 0 Å². The van der Waals surface area contributed by atoms with E-state index < -0.39 is 10.0 Å². The number of likely N-dealkylation sites (N-methyl/N-ethyl adjacent to an activating group) is 1. The van der Waals surface area contributed by atoms with Crippen LogP contribution in [0, 0.1) is 0 Å². The maximum Gasteiger partial charge on any atom is 0.223 e. The Morgan fingerprint density at radius 2 is 1.73 bits per heavy atom. The van der Waals surface area contributed by atoms with E-state index >= 15 is 0 Å². The summed E-state index contributed by atoms with van der Waals surface area (Å²) < 4.78 is 22.3. The van der Waals surface area contributed by atoms with Gasteiger partial charge in [0, 0.05) is 13.1 Å². The van der Waals surface area contributed by atoms with Gasteiger partial charge < -0.3 is 4.90 Å². The van der Waals surface area contributed by atoms with Crippen LogP contribution >= 0.6 is 0 Å². The van der Waals surface area contributed by atoms with Gasteiger partial charge in [0.05, 0.1) is 6.26 Å². The van der Waals surface area contributed by atoms with Gasteiger partial charge in [-0.2, -0.15) is 0 Å². The smallest absolute Gasteiger partial charge is 0.223 e. The lowest BCUT2D eigenvalue weighted by Gasteiger charge is -2.16. The maximum absolute atomic E-state index is 10.7. The molecule has 0 saturated carbocycles. The summed E-state index contributed by atoms with van der Waals surface area (Å²) in [6, 6.07) is 0. The Kier molecular flexibility index (Phi) is 3.95. The summed E-state index contributed by atoms with van der Waals surface area (Å²) in [6.07, 6.45) is 1.09. The number of rotatable bonds is 4. The molecular weight excluding hydrogens is 166 g/mol. The molecule has 68 valence electrons. The number of hydrazine groups is 1. The van der Waals surface area contributed by atoms with Crippen LogP contribution in [0.1, 0.15) is 0 Å². The van der Waals surface area contributed by atoms with Gasteiger partial charge in [-0.05, 0) is 14.1 Å². The number of nitrogens with two attached hydrogens (primary N) is 1. The second-order valence-corrected chi connectivity index (χ2v) is 4.61. The summed E-state index contributed by atoms with van der Waals surface area (Å²) in [5, 5.41) is 0.